The zero-order chi connectivity index (χ0) is 11.8. The summed E-state index contributed by atoms with van der Waals surface area (Å²) in [5.41, 5.74) is 4.01. The van der Waals surface area contributed by atoms with E-state index in [0.29, 0.717) is 12.2 Å². The third-order valence-corrected chi connectivity index (χ3v) is 3.48. The number of hydrogen-bond acceptors (Lipinski definition) is 4. The van der Waals surface area contributed by atoms with Crippen molar-refractivity contribution in [2.75, 3.05) is 19.7 Å². The number of rotatable bonds is 1. The maximum absolute atomic E-state index is 11.4. The summed E-state index contributed by atoms with van der Waals surface area (Å²) in [5, 5.41) is 3.31. The Balaban J connectivity index is 1.99. The molecule has 4 nitrogen and oxygen atoms in total. The number of cyclic esters (lactones) is 1. The van der Waals surface area contributed by atoms with E-state index in [-0.39, 0.29) is 12.1 Å². The van der Waals surface area contributed by atoms with Gasteiger partial charge in [-0.1, -0.05) is 6.07 Å². The van der Waals surface area contributed by atoms with Gasteiger partial charge in [-0.25, -0.2) is 4.79 Å². The molecule has 4 heteroatoms. The normalized spacial score (nSPS) is 23.4. The summed E-state index contributed by atoms with van der Waals surface area (Å²) in [6.07, 6.45) is 0.0877. The summed E-state index contributed by atoms with van der Waals surface area (Å²) in [6, 6.07) is 3.84. The number of carbonyl (C=O) groups excluding carboxylic acids is 1. The van der Waals surface area contributed by atoms with Gasteiger partial charge in [-0.2, -0.15) is 0 Å². The van der Waals surface area contributed by atoms with Crippen LogP contribution in [0.1, 0.15) is 33.2 Å². The molecular formula is C13H15NO3. The second kappa shape index (κ2) is 4.13. The van der Waals surface area contributed by atoms with Crippen LogP contribution in [0.25, 0.3) is 0 Å². The summed E-state index contributed by atoms with van der Waals surface area (Å²) < 4.78 is 10.8. The Hall–Kier alpha value is -1.39. The highest BCUT2D eigenvalue weighted by molar-refractivity contribution is 5.93. The van der Waals surface area contributed by atoms with Crippen molar-refractivity contribution in [1.82, 2.24) is 5.32 Å². The Morgan fingerprint density at radius 1 is 1.41 bits per heavy atom. The number of ether oxygens (including phenoxy) is 2. The highest BCUT2D eigenvalue weighted by Crippen LogP contribution is 2.30. The van der Waals surface area contributed by atoms with Gasteiger partial charge < -0.3 is 14.8 Å². The lowest BCUT2D eigenvalue weighted by Gasteiger charge is -2.25. The van der Waals surface area contributed by atoms with E-state index in [1.807, 2.05) is 19.1 Å². The van der Waals surface area contributed by atoms with E-state index in [1.54, 1.807) is 0 Å². The molecule has 0 amide bonds. The molecule has 0 spiro atoms. The molecule has 3 rings (SSSR count). The molecule has 0 radical (unpaired) electrons. The fourth-order valence-electron chi connectivity index (χ4n) is 2.48. The highest BCUT2D eigenvalue weighted by Gasteiger charge is 2.26. The van der Waals surface area contributed by atoms with E-state index in [0.717, 1.165) is 36.4 Å². The molecule has 1 unspecified atom stereocenters. The second-order valence-electron chi connectivity index (χ2n) is 4.45. The minimum absolute atomic E-state index is 0.0877. The minimum Gasteiger partial charge on any atom is -0.457 e. The van der Waals surface area contributed by atoms with Crippen LogP contribution in [0, 0.1) is 6.92 Å². The fourth-order valence-corrected chi connectivity index (χ4v) is 2.48. The molecule has 0 bridgehead atoms. The Morgan fingerprint density at radius 2 is 2.29 bits per heavy atom. The molecular weight excluding hydrogens is 218 g/mol. The first kappa shape index (κ1) is 10.7. The van der Waals surface area contributed by atoms with Crippen LogP contribution in [-0.2, 0) is 16.1 Å². The lowest BCUT2D eigenvalue weighted by molar-refractivity contribution is 0.0272. The van der Waals surface area contributed by atoms with E-state index in [9.17, 15) is 4.79 Å². The summed E-state index contributed by atoms with van der Waals surface area (Å²) in [7, 11) is 0. The van der Waals surface area contributed by atoms with Crippen LogP contribution in [0.5, 0.6) is 0 Å². The number of morpholine rings is 1. The maximum Gasteiger partial charge on any atom is 0.338 e. The van der Waals surface area contributed by atoms with E-state index < -0.39 is 0 Å². The molecule has 2 aliphatic heterocycles. The molecule has 1 N–H and O–H groups in total. The van der Waals surface area contributed by atoms with Gasteiger partial charge in [0.2, 0.25) is 0 Å². The third-order valence-electron chi connectivity index (χ3n) is 3.48. The number of hydrogen-bond donors (Lipinski definition) is 1. The molecule has 1 aromatic carbocycles. The van der Waals surface area contributed by atoms with Crippen molar-refractivity contribution in [2.45, 2.75) is 19.6 Å². The molecule has 1 saturated heterocycles. The van der Waals surface area contributed by atoms with Gasteiger partial charge >= 0.3 is 5.97 Å². The highest BCUT2D eigenvalue weighted by atomic mass is 16.5. The SMILES string of the molecule is Cc1c(C2CNCCO2)ccc2c1COC2=O. The van der Waals surface area contributed by atoms with E-state index in [4.69, 9.17) is 9.47 Å². The molecule has 0 saturated carbocycles. The van der Waals surface area contributed by atoms with Crippen LogP contribution >= 0.6 is 0 Å². The molecule has 1 atom stereocenters. The Morgan fingerprint density at radius 3 is 3.06 bits per heavy atom. The minimum atomic E-state index is -0.211. The topological polar surface area (TPSA) is 47.6 Å². The van der Waals surface area contributed by atoms with Crippen molar-refractivity contribution in [3.8, 4) is 0 Å². The van der Waals surface area contributed by atoms with Gasteiger partial charge in [0, 0.05) is 18.7 Å². The smallest absolute Gasteiger partial charge is 0.338 e. The van der Waals surface area contributed by atoms with Crippen LogP contribution in [0.15, 0.2) is 12.1 Å². The fraction of sp³-hybridized carbons (Fsp3) is 0.462. The Bertz CT molecular complexity index is 464. The van der Waals surface area contributed by atoms with Gasteiger partial charge in [0.05, 0.1) is 18.3 Å². The number of carbonyl (C=O) groups is 1. The van der Waals surface area contributed by atoms with E-state index in [2.05, 4.69) is 5.32 Å². The van der Waals surface area contributed by atoms with Gasteiger partial charge in [-0.3, -0.25) is 0 Å². The zero-order valence-electron chi connectivity index (χ0n) is 9.79. The van der Waals surface area contributed by atoms with Crippen LogP contribution in [0.3, 0.4) is 0 Å². The second-order valence-corrected chi connectivity index (χ2v) is 4.45. The predicted molar refractivity (Wildman–Crippen MR) is 61.9 cm³/mol. The number of benzene rings is 1. The summed E-state index contributed by atoms with van der Waals surface area (Å²) >= 11 is 0. The predicted octanol–water partition coefficient (Wildman–Crippen LogP) is 1.33. The first-order valence-corrected chi connectivity index (χ1v) is 5.89. The molecule has 1 fully saturated rings. The zero-order valence-corrected chi connectivity index (χ0v) is 9.79. The van der Waals surface area contributed by atoms with Gasteiger partial charge in [0.25, 0.3) is 0 Å². The summed E-state index contributed by atoms with van der Waals surface area (Å²) in [4.78, 5) is 11.4. The molecule has 2 aliphatic rings. The summed E-state index contributed by atoms with van der Waals surface area (Å²) in [6.45, 7) is 4.90. The average Bonchev–Trinajstić information content (AvgIpc) is 2.74. The van der Waals surface area contributed by atoms with Crippen LogP contribution in [-0.4, -0.2) is 25.7 Å². The van der Waals surface area contributed by atoms with Gasteiger partial charge in [0.15, 0.2) is 0 Å². The van der Waals surface area contributed by atoms with E-state index >= 15 is 0 Å². The molecule has 90 valence electrons. The Kier molecular flexibility index (Phi) is 2.61. The van der Waals surface area contributed by atoms with Crippen molar-refractivity contribution in [2.24, 2.45) is 0 Å². The van der Waals surface area contributed by atoms with Crippen LogP contribution in [0.4, 0.5) is 0 Å². The standard InChI is InChI=1S/C13H15NO3/c1-8-9(12-6-14-4-5-16-12)2-3-10-11(8)7-17-13(10)15/h2-3,12,14H,4-7H2,1H3. The van der Waals surface area contributed by atoms with Crippen molar-refractivity contribution in [3.05, 3.63) is 34.4 Å². The van der Waals surface area contributed by atoms with Gasteiger partial charge in [-0.05, 0) is 24.1 Å². The lowest BCUT2D eigenvalue weighted by atomic mass is 9.95. The first-order valence-electron chi connectivity index (χ1n) is 5.89. The van der Waals surface area contributed by atoms with Gasteiger partial charge in [-0.15, -0.1) is 0 Å². The van der Waals surface area contributed by atoms with Gasteiger partial charge in [0.1, 0.15) is 6.61 Å². The van der Waals surface area contributed by atoms with Crippen molar-refractivity contribution >= 4 is 5.97 Å². The molecule has 0 aliphatic carbocycles. The maximum atomic E-state index is 11.4. The van der Waals surface area contributed by atoms with Crippen LogP contribution < -0.4 is 5.32 Å². The van der Waals surface area contributed by atoms with Crippen molar-refractivity contribution in [1.29, 1.82) is 0 Å². The van der Waals surface area contributed by atoms with Crippen LogP contribution in [0.2, 0.25) is 0 Å². The molecule has 17 heavy (non-hydrogen) atoms. The quantitative estimate of drug-likeness (QED) is 0.743. The average molecular weight is 233 g/mol. The molecule has 0 aromatic heterocycles. The molecule has 1 aromatic rings. The Labute approximate surface area is 99.9 Å². The number of esters is 1. The number of fused-ring (bicyclic) bond motifs is 1. The lowest BCUT2D eigenvalue weighted by Crippen LogP contribution is -2.33. The number of nitrogens with one attached hydrogen (secondary N) is 1. The first-order chi connectivity index (χ1) is 8.27. The largest absolute Gasteiger partial charge is 0.457 e. The monoisotopic (exact) mass is 233 g/mol. The summed E-state index contributed by atoms with van der Waals surface area (Å²) in [5.74, 6) is -0.211. The van der Waals surface area contributed by atoms with Crippen molar-refractivity contribution < 1.29 is 14.3 Å². The van der Waals surface area contributed by atoms with E-state index in [1.165, 1.54) is 0 Å². The van der Waals surface area contributed by atoms with Crippen molar-refractivity contribution in [3.63, 3.8) is 0 Å². The third kappa shape index (κ3) is 1.73. The molecule has 2 heterocycles.